The Morgan fingerprint density at radius 3 is 1.74 bits per heavy atom. The summed E-state index contributed by atoms with van der Waals surface area (Å²) >= 11 is 0. The molecule has 2 rings (SSSR count). The minimum absolute atomic E-state index is 0.0915. The van der Waals surface area contributed by atoms with Gasteiger partial charge in [0.1, 0.15) is 0 Å². The van der Waals surface area contributed by atoms with Crippen LogP contribution in [0.3, 0.4) is 0 Å². The Balaban J connectivity index is 2.16. The van der Waals surface area contributed by atoms with Crippen LogP contribution < -0.4 is 0 Å². The second-order valence-electron chi connectivity index (χ2n) is 6.67. The molecule has 0 saturated heterocycles. The molecular formula is C17H30O2. The van der Waals surface area contributed by atoms with Crippen LogP contribution in [-0.4, -0.2) is 12.6 Å². The number of carbonyl (C=O) groups excluding carboxylic acids is 1. The lowest BCUT2D eigenvalue weighted by Gasteiger charge is -2.44. The summed E-state index contributed by atoms with van der Waals surface area (Å²) in [6, 6.07) is 0. The van der Waals surface area contributed by atoms with Crippen LogP contribution in [0, 0.1) is 17.3 Å². The zero-order valence-electron chi connectivity index (χ0n) is 12.7. The summed E-state index contributed by atoms with van der Waals surface area (Å²) in [6.07, 6.45) is 12.8. The SMILES string of the molecule is CCOC(=O)C(C)(C1CCCCC1)C1CCCCC1. The van der Waals surface area contributed by atoms with Gasteiger partial charge in [0.25, 0.3) is 0 Å². The van der Waals surface area contributed by atoms with Crippen LogP contribution in [0.25, 0.3) is 0 Å². The van der Waals surface area contributed by atoms with E-state index in [1.54, 1.807) is 0 Å². The van der Waals surface area contributed by atoms with E-state index in [0.717, 1.165) is 0 Å². The van der Waals surface area contributed by atoms with Crippen molar-refractivity contribution >= 4 is 5.97 Å². The van der Waals surface area contributed by atoms with Crippen LogP contribution in [0.5, 0.6) is 0 Å². The number of rotatable bonds is 4. The number of hydrogen-bond acceptors (Lipinski definition) is 2. The molecule has 0 heterocycles. The zero-order chi connectivity index (χ0) is 13.7. The van der Waals surface area contributed by atoms with Gasteiger partial charge in [-0.3, -0.25) is 4.79 Å². The Bertz CT molecular complexity index is 268. The molecule has 0 bridgehead atoms. The van der Waals surface area contributed by atoms with Crippen molar-refractivity contribution in [3.8, 4) is 0 Å². The predicted octanol–water partition coefficient (Wildman–Crippen LogP) is 4.72. The van der Waals surface area contributed by atoms with Crippen LogP contribution in [0.4, 0.5) is 0 Å². The van der Waals surface area contributed by atoms with E-state index in [4.69, 9.17) is 4.74 Å². The van der Waals surface area contributed by atoms with E-state index in [1.807, 2.05) is 6.92 Å². The van der Waals surface area contributed by atoms with Crippen LogP contribution >= 0.6 is 0 Å². The van der Waals surface area contributed by atoms with E-state index in [-0.39, 0.29) is 11.4 Å². The van der Waals surface area contributed by atoms with Crippen molar-refractivity contribution in [3.63, 3.8) is 0 Å². The van der Waals surface area contributed by atoms with Crippen molar-refractivity contribution in [1.82, 2.24) is 0 Å². The molecule has 2 aliphatic rings. The summed E-state index contributed by atoms with van der Waals surface area (Å²) in [5.74, 6) is 1.21. The second-order valence-corrected chi connectivity index (χ2v) is 6.67. The fraction of sp³-hybridized carbons (Fsp3) is 0.941. The standard InChI is InChI=1S/C17H30O2/c1-3-19-16(18)17(2,14-10-6-4-7-11-14)15-12-8-5-9-13-15/h14-15H,3-13H2,1-2H3. The first-order valence-corrected chi connectivity index (χ1v) is 8.36. The van der Waals surface area contributed by atoms with Crippen LogP contribution in [0.1, 0.15) is 78.1 Å². The highest BCUT2D eigenvalue weighted by Gasteiger charge is 2.48. The average Bonchev–Trinajstić information content (AvgIpc) is 2.48. The third-order valence-electron chi connectivity index (χ3n) is 5.62. The van der Waals surface area contributed by atoms with E-state index in [9.17, 15) is 4.79 Å². The molecular weight excluding hydrogens is 236 g/mol. The molecule has 2 saturated carbocycles. The maximum atomic E-state index is 12.6. The van der Waals surface area contributed by atoms with Crippen LogP contribution in [0.15, 0.2) is 0 Å². The molecule has 0 aromatic rings. The summed E-state index contributed by atoms with van der Waals surface area (Å²) in [4.78, 5) is 12.6. The molecule has 2 nitrogen and oxygen atoms in total. The van der Waals surface area contributed by atoms with Gasteiger partial charge in [0, 0.05) is 0 Å². The van der Waals surface area contributed by atoms with Gasteiger partial charge in [-0.25, -0.2) is 0 Å². The van der Waals surface area contributed by atoms with Gasteiger partial charge in [-0.05, 0) is 51.4 Å². The van der Waals surface area contributed by atoms with Crippen molar-refractivity contribution < 1.29 is 9.53 Å². The fourth-order valence-electron chi connectivity index (χ4n) is 4.36. The predicted molar refractivity (Wildman–Crippen MR) is 77.9 cm³/mol. The maximum absolute atomic E-state index is 12.6. The molecule has 0 amide bonds. The minimum atomic E-state index is -0.211. The first kappa shape index (κ1) is 14.9. The molecule has 19 heavy (non-hydrogen) atoms. The minimum Gasteiger partial charge on any atom is -0.466 e. The van der Waals surface area contributed by atoms with Crippen LogP contribution in [-0.2, 0) is 9.53 Å². The quantitative estimate of drug-likeness (QED) is 0.688. The lowest BCUT2D eigenvalue weighted by molar-refractivity contribution is -0.165. The van der Waals surface area contributed by atoms with Gasteiger partial charge in [0.05, 0.1) is 12.0 Å². The molecule has 0 unspecified atom stereocenters. The Kier molecular flexibility index (Phi) is 5.29. The third-order valence-corrected chi connectivity index (χ3v) is 5.62. The highest BCUT2D eigenvalue weighted by atomic mass is 16.5. The molecule has 2 heteroatoms. The molecule has 2 fully saturated rings. The molecule has 0 spiro atoms. The first-order valence-electron chi connectivity index (χ1n) is 8.36. The smallest absolute Gasteiger partial charge is 0.312 e. The largest absolute Gasteiger partial charge is 0.466 e. The second kappa shape index (κ2) is 6.76. The van der Waals surface area contributed by atoms with Crippen molar-refractivity contribution in [2.75, 3.05) is 6.61 Å². The van der Waals surface area contributed by atoms with Gasteiger partial charge >= 0.3 is 5.97 Å². The summed E-state index contributed by atoms with van der Waals surface area (Å²) in [7, 11) is 0. The topological polar surface area (TPSA) is 26.3 Å². The van der Waals surface area contributed by atoms with Crippen LogP contribution in [0.2, 0.25) is 0 Å². The number of carbonyl (C=O) groups is 1. The molecule has 0 N–H and O–H groups in total. The van der Waals surface area contributed by atoms with Gasteiger partial charge in [-0.1, -0.05) is 38.5 Å². The molecule has 0 aliphatic heterocycles. The third kappa shape index (κ3) is 3.14. The van der Waals surface area contributed by atoms with Gasteiger partial charge in [0.2, 0.25) is 0 Å². The van der Waals surface area contributed by atoms with Gasteiger partial charge < -0.3 is 4.74 Å². The highest BCUT2D eigenvalue weighted by molar-refractivity contribution is 5.77. The summed E-state index contributed by atoms with van der Waals surface area (Å²) < 4.78 is 5.47. The normalized spacial score (nSPS) is 23.3. The monoisotopic (exact) mass is 266 g/mol. The van der Waals surface area contributed by atoms with Crippen molar-refractivity contribution in [2.45, 2.75) is 78.1 Å². The van der Waals surface area contributed by atoms with Gasteiger partial charge in [-0.15, -0.1) is 0 Å². The Morgan fingerprint density at radius 1 is 0.947 bits per heavy atom. The van der Waals surface area contributed by atoms with Gasteiger partial charge in [0.15, 0.2) is 0 Å². The highest BCUT2D eigenvalue weighted by Crippen LogP contribution is 2.49. The number of ether oxygens (including phenoxy) is 1. The lowest BCUT2D eigenvalue weighted by atomic mass is 9.60. The van der Waals surface area contributed by atoms with Crippen molar-refractivity contribution in [1.29, 1.82) is 0 Å². The molecule has 2 aliphatic carbocycles. The molecule has 0 aromatic carbocycles. The molecule has 110 valence electrons. The number of esters is 1. The summed E-state index contributed by atoms with van der Waals surface area (Å²) in [5.41, 5.74) is -0.211. The molecule has 0 radical (unpaired) electrons. The fourth-order valence-corrected chi connectivity index (χ4v) is 4.36. The molecule has 0 aromatic heterocycles. The van der Waals surface area contributed by atoms with E-state index in [1.165, 1.54) is 64.2 Å². The summed E-state index contributed by atoms with van der Waals surface area (Å²) in [6.45, 7) is 4.67. The van der Waals surface area contributed by atoms with Crippen molar-refractivity contribution in [2.24, 2.45) is 17.3 Å². The van der Waals surface area contributed by atoms with E-state index < -0.39 is 0 Å². The maximum Gasteiger partial charge on any atom is 0.312 e. The van der Waals surface area contributed by atoms with E-state index in [2.05, 4.69) is 6.92 Å². The summed E-state index contributed by atoms with van der Waals surface area (Å²) in [5, 5.41) is 0. The Hall–Kier alpha value is -0.530. The van der Waals surface area contributed by atoms with E-state index in [0.29, 0.717) is 18.4 Å². The lowest BCUT2D eigenvalue weighted by Crippen LogP contribution is -2.45. The Labute approximate surface area is 118 Å². The van der Waals surface area contributed by atoms with Gasteiger partial charge in [-0.2, -0.15) is 0 Å². The van der Waals surface area contributed by atoms with Crippen molar-refractivity contribution in [3.05, 3.63) is 0 Å². The zero-order valence-corrected chi connectivity index (χ0v) is 12.7. The molecule has 0 atom stereocenters. The first-order chi connectivity index (χ1) is 9.19. The number of hydrogen-bond donors (Lipinski definition) is 0. The van der Waals surface area contributed by atoms with E-state index >= 15 is 0 Å². The average molecular weight is 266 g/mol. The Morgan fingerprint density at radius 2 is 1.37 bits per heavy atom.